The Labute approximate surface area is 268 Å². The molecule has 2 aliphatic heterocycles. The van der Waals surface area contributed by atoms with E-state index in [4.69, 9.17) is 9.47 Å². The molecule has 11 nitrogen and oxygen atoms in total. The zero-order valence-electron chi connectivity index (χ0n) is 27.2. The summed E-state index contributed by atoms with van der Waals surface area (Å²) in [6, 6.07) is 11.2. The average molecular weight is 644 g/mol. The number of benzene rings is 2. The molecule has 0 saturated carbocycles. The molecule has 2 heterocycles. The molecule has 0 bridgehead atoms. The van der Waals surface area contributed by atoms with Gasteiger partial charge in [0.25, 0.3) is 0 Å². The van der Waals surface area contributed by atoms with Crippen LogP contribution in [-0.4, -0.2) is 101 Å². The van der Waals surface area contributed by atoms with Gasteiger partial charge in [0.05, 0.1) is 18.8 Å². The Bertz CT molecular complexity index is 1450. The van der Waals surface area contributed by atoms with Crippen molar-refractivity contribution in [3.05, 3.63) is 71.3 Å². The predicted octanol–water partition coefficient (Wildman–Crippen LogP) is 3.46. The van der Waals surface area contributed by atoms with Crippen molar-refractivity contribution in [1.29, 1.82) is 0 Å². The van der Waals surface area contributed by atoms with E-state index >= 15 is 0 Å². The number of halogens is 2. The molecule has 2 aromatic carbocycles. The highest BCUT2D eigenvalue weighted by molar-refractivity contribution is 5.94. The van der Waals surface area contributed by atoms with Gasteiger partial charge in [-0.2, -0.15) is 0 Å². The van der Waals surface area contributed by atoms with Crippen molar-refractivity contribution < 1.29 is 37.4 Å². The van der Waals surface area contributed by atoms with Crippen LogP contribution in [0.5, 0.6) is 0 Å². The van der Waals surface area contributed by atoms with Crippen LogP contribution in [0.15, 0.2) is 48.5 Å². The third-order valence-electron chi connectivity index (χ3n) is 7.97. The van der Waals surface area contributed by atoms with Crippen molar-refractivity contribution in [2.45, 2.75) is 70.4 Å². The normalized spacial score (nSPS) is 19.0. The molecule has 0 radical (unpaired) electrons. The lowest BCUT2D eigenvalue weighted by molar-refractivity contribution is -0.142. The first-order valence-electron chi connectivity index (χ1n) is 15.2. The number of fused-ring (bicyclic) bond motifs is 1. The monoisotopic (exact) mass is 643 g/mol. The third-order valence-corrected chi connectivity index (χ3v) is 7.97. The molecular formula is C33H43F2N5O6. The summed E-state index contributed by atoms with van der Waals surface area (Å²) in [7, 11) is 1.63. The van der Waals surface area contributed by atoms with E-state index in [1.807, 2.05) is 30.3 Å². The number of alkyl carbamates (subject to hydrolysis) is 1. The van der Waals surface area contributed by atoms with E-state index in [-0.39, 0.29) is 57.4 Å². The number of amides is 5. The molecule has 0 unspecified atom stereocenters. The first-order valence-corrected chi connectivity index (χ1v) is 15.2. The zero-order chi connectivity index (χ0) is 33.9. The van der Waals surface area contributed by atoms with Gasteiger partial charge >= 0.3 is 12.1 Å². The van der Waals surface area contributed by atoms with Gasteiger partial charge in [-0.3, -0.25) is 9.59 Å². The summed E-state index contributed by atoms with van der Waals surface area (Å²) in [5.74, 6) is -2.56. The van der Waals surface area contributed by atoms with Gasteiger partial charge in [0, 0.05) is 45.7 Å². The maximum absolute atomic E-state index is 14.8. The van der Waals surface area contributed by atoms with Crippen molar-refractivity contribution >= 4 is 23.9 Å². The van der Waals surface area contributed by atoms with Crippen LogP contribution in [-0.2, 0) is 32.1 Å². The van der Waals surface area contributed by atoms with Gasteiger partial charge in [-0.1, -0.05) is 36.4 Å². The maximum Gasteiger partial charge on any atom is 0.408 e. The van der Waals surface area contributed by atoms with Crippen LogP contribution in [0.4, 0.5) is 18.4 Å². The molecule has 2 fully saturated rings. The second-order valence-corrected chi connectivity index (χ2v) is 13.5. The largest absolute Gasteiger partial charge is 0.444 e. The number of rotatable bonds is 10. The molecule has 13 heteroatoms. The minimum atomic E-state index is -1.46. The quantitative estimate of drug-likeness (QED) is 0.409. The average Bonchev–Trinajstić information content (AvgIpc) is 3.21. The van der Waals surface area contributed by atoms with Gasteiger partial charge in [0.15, 0.2) is 0 Å². The standard InChI is InChI=1S/C33H43F2N5O6/c1-31(2,3)46-29(43)37-32(4,5)28(42)36-26(19-45-18-22-10-8-7-9-11-22)27(41)39-14-15-40-30(44)38(6)20-33(40,21-39)17-23-12-13-24(34)16-25(23)35/h7-13,16,26H,14-15,17-21H2,1-6H3,(H,36,42)(H,37,43)/t26-,33-/m1/s1. The molecule has 5 amide bonds. The van der Waals surface area contributed by atoms with Crippen molar-refractivity contribution in [3.8, 4) is 0 Å². The topological polar surface area (TPSA) is 121 Å². The molecule has 4 rings (SSSR count). The lowest BCUT2D eigenvalue weighted by Gasteiger charge is -2.46. The van der Waals surface area contributed by atoms with E-state index in [9.17, 15) is 28.0 Å². The Morgan fingerprint density at radius 1 is 1.00 bits per heavy atom. The van der Waals surface area contributed by atoms with E-state index in [0.29, 0.717) is 0 Å². The summed E-state index contributed by atoms with van der Waals surface area (Å²) in [5, 5.41) is 5.30. The molecule has 2 aromatic rings. The molecule has 46 heavy (non-hydrogen) atoms. The number of carbonyl (C=O) groups is 4. The second-order valence-electron chi connectivity index (χ2n) is 13.5. The fraction of sp³-hybridized carbons (Fsp3) is 0.515. The fourth-order valence-electron chi connectivity index (χ4n) is 5.76. The molecule has 250 valence electrons. The summed E-state index contributed by atoms with van der Waals surface area (Å²) in [4.78, 5) is 57.9. The van der Waals surface area contributed by atoms with Gasteiger partial charge in [-0.05, 0) is 51.8 Å². The van der Waals surface area contributed by atoms with E-state index in [1.54, 1.807) is 32.7 Å². The highest BCUT2D eigenvalue weighted by Crippen LogP contribution is 2.34. The zero-order valence-corrected chi connectivity index (χ0v) is 27.2. The summed E-state index contributed by atoms with van der Waals surface area (Å²) in [6.07, 6.45) is -0.746. The molecule has 2 N–H and O–H groups in total. The van der Waals surface area contributed by atoms with Gasteiger partial charge < -0.3 is 34.8 Å². The van der Waals surface area contributed by atoms with Gasteiger partial charge in [0.1, 0.15) is 28.8 Å². The molecule has 0 aromatic heterocycles. The van der Waals surface area contributed by atoms with Crippen molar-refractivity contribution in [1.82, 2.24) is 25.3 Å². The molecule has 2 aliphatic rings. The minimum absolute atomic E-state index is 0.0450. The lowest BCUT2D eigenvalue weighted by atomic mass is 9.87. The van der Waals surface area contributed by atoms with Crippen LogP contribution < -0.4 is 10.6 Å². The number of nitrogens with zero attached hydrogens (tertiary/aromatic N) is 3. The fourth-order valence-corrected chi connectivity index (χ4v) is 5.76. The molecule has 0 spiro atoms. The van der Waals surface area contributed by atoms with E-state index in [2.05, 4.69) is 10.6 Å². The number of hydrogen-bond acceptors (Lipinski definition) is 6. The number of piperazine rings is 1. The Kier molecular flexibility index (Phi) is 10.2. The number of hydrogen-bond donors (Lipinski definition) is 2. The van der Waals surface area contributed by atoms with Crippen molar-refractivity contribution in [2.75, 3.05) is 39.8 Å². The molecule has 0 aliphatic carbocycles. The van der Waals surface area contributed by atoms with E-state index < -0.39 is 52.3 Å². The predicted molar refractivity (Wildman–Crippen MR) is 166 cm³/mol. The van der Waals surface area contributed by atoms with Gasteiger partial charge in [-0.25, -0.2) is 18.4 Å². The lowest BCUT2D eigenvalue weighted by Crippen LogP contribution is -2.66. The number of likely N-dealkylation sites (N-methyl/N-ethyl adjacent to an activating group) is 1. The van der Waals surface area contributed by atoms with Crippen molar-refractivity contribution in [2.24, 2.45) is 0 Å². The second kappa shape index (κ2) is 13.6. The molecule has 2 atom stereocenters. The summed E-state index contributed by atoms with van der Waals surface area (Å²) in [6.45, 7) is 8.67. The number of carbonyl (C=O) groups excluding carboxylic acids is 4. The van der Waals surface area contributed by atoms with Crippen molar-refractivity contribution in [3.63, 3.8) is 0 Å². The maximum atomic E-state index is 14.8. The first kappa shape index (κ1) is 34.6. The highest BCUT2D eigenvalue weighted by atomic mass is 19.1. The number of urea groups is 1. The Morgan fingerprint density at radius 2 is 1.70 bits per heavy atom. The van der Waals surface area contributed by atoms with E-state index in [1.165, 1.54) is 29.7 Å². The van der Waals surface area contributed by atoms with Crippen LogP contribution in [0.25, 0.3) is 0 Å². The molecule has 2 saturated heterocycles. The smallest absolute Gasteiger partial charge is 0.408 e. The highest BCUT2D eigenvalue weighted by Gasteiger charge is 2.53. The number of nitrogens with one attached hydrogen (secondary N) is 2. The van der Waals surface area contributed by atoms with Crippen LogP contribution in [0.3, 0.4) is 0 Å². The van der Waals surface area contributed by atoms with Crippen LogP contribution >= 0.6 is 0 Å². The van der Waals surface area contributed by atoms with Gasteiger partial charge in [-0.15, -0.1) is 0 Å². The Hall–Kier alpha value is -4.26. The molecular weight excluding hydrogens is 600 g/mol. The minimum Gasteiger partial charge on any atom is -0.444 e. The Balaban J connectivity index is 1.56. The number of ether oxygens (including phenoxy) is 2. The van der Waals surface area contributed by atoms with Crippen LogP contribution in [0.1, 0.15) is 45.7 Å². The van der Waals surface area contributed by atoms with E-state index in [0.717, 1.165) is 17.7 Å². The van der Waals surface area contributed by atoms with Crippen LogP contribution in [0, 0.1) is 11.6 Å². The summed E-state index contributed by atoms with van der Waals surface area (Å²) in [5.41, 5.74) is -2.15. The van der Waals surface area contributed by atoms with Crippen LogP contribution in [0.2, 0.25) is 0 Å². The third kappa shape index (κ3) is 8.31. The van der Waals surface area contributed by atoms with Gasteiger partial charge in [0.2, 0.25) is 11.8 Å². The Morgan fingerprint density at radius 3 is 2.35 bits per heavy atom. The summed E-state index contributed by atoms with van der Waals surface area (Å²) < 4.78 is 39.7. The first-order chi connectivity index (χ1) is 21.5. The summed E-state index contributed by atoms with van der Waals surface area (Å²) >= 11 is 0. The SMILES string of the molecule is CN1C[C@]2(Cc3ccc(F)cc3F)CN(C(=O)[C@@H](COCc3ccccc3)NC(=O)C(C)(C)NC(=O)OC(C)(C)C)CCN2C1=O.